The minimum atomic E-state index is -4.66. The van der Waals surface area contributed by atoms with Gasteiger partial charge in [-0.05, 0) is 45.1 Å². The van der Waals surface area contributed by atoms with Gasteiger partial charge in [-0.3, -0.25) is 4.90 Å². The zero-order valence-electron chi connectivity index (χ0n) is 19.9. The molecule has 0 spiro atoms. The Balaban J connectivity index is 1.60. The van der Waals surface area contributed by atoms with Gasteiger partial charge >= 0.3 is 6.18 Å². The zero-order valence-corrected chi connectivity index (χ0v) is 20.6. The number of hydrogen-bond acceptors (Lipinski definition) is 8. The monoisotopic (exact) mass is 524 g/mol. The average molecular weight is 525 g/mol. The number of nitrogens with two attached hydrogens (primary N) is 1. The van der Waals surface area contributed by atoms with E-state index < -0.39 is 11.7 Å². The number of anilines is 2. The summed E-state index contributed by atoms with van der Waals surface area (Å²) in [6.07, 6.45) is -1.52. The molecule has 2 aliphatic rings. The van der Waals surface area contributed by atoms with Crippen molar-refractivity contribution >= 4 is 28.8 Å². The molecule has 0 aliphatic carbocycles. The number of nitrogens with one attached hydrogen (secondary N) is 1. The maximum absolute atomic E-state index is 13.9. The van der Waals surface area contributed by atoms with Gasteiger partial charge in [0.2, 0.25) is 0 Å². The SMILES string of the molecule is CNC1CCN(Cc2cc3c(N4CCOCC4)nc(-c4cnc(N)cc4C(F)(F)F)nn3c2Cl)CC1. The van der Waals surface area contributed by atoms with Crippen molar-refractivity contribution in [2.45, 2.75) is 31.6 Å². The predicted molar refractivity (Wildman–Crippen MR) is 131 cm³/mol. The van der Waals surface area contributed by atoms with E-state index in [4.69, 9.17) is 22.1 Å². The van der Waals surface area contributed by atoms with E-state index in [-0.39, 0.29) is 17.2 Å². The number of nitrogen functional groups attached to an aromatic ring is 1. The largest absolute Gasteiger partial charge is 0.417 e. The topological polar surface area (TPSA) is 96.8 Å². The molecule has 2 fully saturated rings. The highest BCUT2D eigenvalue weighted by molar-refractivity contribution is 6.30. The number of nitrogens with zero attached hydrogens (tertiary/aromatic N) is 6. The second-order valence-electron chi connectivity index (χ2n) is 9.11. The predicted octanol–water partition coefficient (Wildman–Crippen LogP) is 3.07. The first-order valence-electron chi connectivity index (χ1n) is 11.9. The fourth-order valence-electron chi connectivity index (χ4n) is 4.80. The van der Waals surface area contributed by atoms with E-state index >= 15 is 0 Å². The van der Waals surface area contributed by atoms with Crippen molar-refractivity contribution in [1.82, 2.24) is 29.8 Å². The van der Waals surface area contributed by atoms with Gasteiger partial charge in [0.15, 0.2) is 11.6 Å². The second kappa shape index (κ2) is 10.0. The summed E-state index contributed by atoms with van der Waals surface area (Å²) in [4.78, 5) is 12.8. The van der Waals surface area contributed by atoms with E-state index in [1.165, 1.54) is 4.52 Å². The number of likely N-dealkylation sites (tertiary alicyclic amines) is 1. The smallest absolute Gasteiger partial charge is 0.384 e. The number of piperidine rings is 1. The lowest BCUT2D eigenvalue weighted by molar-refractivity contribution is -0.137. The number of fused-ring (bicyclic) bond motifs is 1. The number of pyridine rings is 1. The van der Waals surface area contributed by atoms with Gasteiger partial charge in [0.25, 0.3) is 0 Å². The first kappa shape index (κ1) is 25.0. The van der Waals surface area contributed by atoms with E-state index in [9.17, 15) is 13.2 Å². The summed E-state index contributed by atoms with van der Waals surface area (Å²) < 4.78 is 48.6. The van der Waals surface area contributed by atoms with Gasteiger partial charge in [0.05, 0.1) is 24.3 Å². The molecule has 0 saturated carbocycles. The van der Waals surface area contributed by atoms with Gasteiger partial charge in [-0.2, -0.15) is 13.2 Å². The molecule has 0 bridgehead atoms. The summed E-state index contributed by atoms with van der Waals surface area (Å²) in [7, 11) is 1.97. The van der Waals surface area contributed by atoms with Crippen molar-refractivity contribution in [1.29, 1.82) is 0 Å². The number of morpholine rings is 1. The Hall–Kier alpha value is -2.67. The standard InChI is InChI=1S/C23H28ClF3N8O/c1-29-15-2-4-33(5-3-15)13-14-10-18-22(34-6-8-36-9-7-34)31-21(32-35(18)20(14)24)16-12-30-19(28)11-17(16)23(25,26)27/h10-12,15,29H,2-9,13H2,1H3,(H2,28,30). The lowest BCUT2D eigenvalue weighted by Gasteiger charge is -2.31. The first-order chi connectivity index (χ1) is 17.2. The summed E-state index contributed by atoms with van der Waals surface area (Å²) >= 11 is 6.79. The van der Waals surface area contributed by atoms with Crippen molar-refractivity contribution in [3.05, 3.63) is 34.6 Å². The van der Waals surface area contributed by atoms with Crippen LogP contribution in [0.25, 0.3) is 16.9 Å². The summed E-state index contributed by atoms with van der Waals surface area (Å²) in [5.41, 5.74) is 5.86. The number of ether oxygens (including phenoxy) is 1. The van der Waals surface area contributed by atoms with Crippen molar-refractivity contribution in [2.24, 2.45) is 0 Å². The molecule has 2 saturated heterocycles. The van der Waals surface area contributed by atoms with Gasteiger partial charge in [-0.15, -0.1) is 5.10 Å². The van der Waals surface area contributed by atoms with Crippen LogP contribution in [0.4, 0.5) is 24.8 Å². The quantitative estimate of drug-likeness (QED) is 0.526. The van der Waals surface area contributed by atoms with Crippen LogP contribution < -0.4 is 16.0 Å². The molecule has 3 aromatic heterocycles. The lowest BCUT2D eigenvalue weighted by atomic mass is 10.1. The molecule has 5 heterocycles. The van der Waals surface area contributed by atoms with E-state index in [0.717, 1.165) is 43.8 Å². The van der Waals surface area contributed by atoms with E-state index in [0.29, 0.717) is 55.4 Å². The van der Waals surface area contributed by atoms with Crippen LogP contribution in [0.1, 0.15) is 24.0 Å². The van der Waals surface area contributed by atoms with Gasteiger partial charge in [-0.25, -0.2) is 14.5 Å². The van der Waals surface area contributed by atoms with Crippen molar-refractivity contribution in [2.75, 3.05) is 57.1 Å². The molecule has 5 rings (SSSR count). The van der Waals surface area contributed by atoms with Crippen molar-refractivity contribution in [3.8, 4) is 11.4 Å². The molecule has 0 atom stereocenters. The molecule has 194 valence electrons. The maximum Gasteiger partial charge on any atom is 0.417 e. The molecule has 0 radical (unpaired) electrons. The molecule has 0 unspecified atom stereocenters. The lowest BCUT2D eigenvalue weighted by Crippen LogP contribution is -2.40. The fourth-order valence-corrected chi connectivity index (χ4v) is 5.04. The average Bonchev–Trinajstić information content (AvgIpc) is 3.19. The zero-order chi connectivity index (χ0) is 25.4. The Morgan fingerprint density at radius 2 is 1.89 bits per heavy atom. The Labute approximate surface area is 211 Å². The Morgan fingerprint density at radius 3 is 2.56 bits per heavy atom. The van der Waals surface area contributed by atoms with Crippen LogP contribution in [0.5, 0.6) is 0 Å². The highest BCUT2D eigenvalue weighted by atomic mass is 35.5. The molecule has 3 N–H and O–H groups in total. The minimum absolute atomic E-state index is 0.122. The first-order valence-corrected chi connectivity index (χ1v) is 12.3. The molecular formula is C23H28ClF3N8O. The van der Waals surface area contributed by atoms with Gasteiger partial charge in [-0.1, -0.05) is 11.6 Å². The molecule has 0 aromatic carbocycles. The van der Waals surface area contributed by atoms with Crippen molar-refractivity contribution < 1.29 is 17.9 Å². The van der Waals surface area contributed by atoms with Crippen LogP contribution in [-0.4, -0.2) is 77.0 Å². The number of aromatic nitrogens is 4. The molecule has 9 nitrogen and oxygen atoms in total. The third-order valence-electron chi connectivity index (χ3n) is 6.80. The third-order valence-corrected chi connectivity index (χ3v) is 7.20. The number of hydrogen-bond donors (Lipinski definition) is 2. The van der Waals surface area contributed by atoms with E-state index in [1.807, 2.05) is 18.0 Å². The number of alkyl halides is 3. The third kappa shape index (κ3) is 4.95. The summed E-state index contributed by atoms with van der Waals surface area (Å²) in [5, 5.41) is 8.13. The fraction of sp³-hybridized carbons (Fsp3) is 0.522. The van der Waals surface area contributed by atoms with Crippen LogP contribution in [-0.2, 0) is 17.5 Å². The Kier molecular flexibility index (Phi) is 6.95. The van der Waals surface area contributed by atoms with Crippen LogP contribution >= 0.6 is 11.6 Å². The van der Waals surface area contributed by atoms with Crippen LogP contribution in [0.3, 0.4) is 0 Å². The minimum Gasteiger partial charge on any atom is -0.384 e. The summed E-state index contributed by atoms with van der Waals surface area (Å²) in [6, 6.07) is 3.24. The summed E-state index contributed by atoms with van der Waals surface area (Å²) in [6.45, 7) is 4.55. The second-order valence-corrected chi connectivity index (χ2v) is 9.47. The van der Waals surface area contributed by atoms with Crippen LogP contribution in [0.15, 0.2) is 18.3 Å². The molecule has 13 heteroatoms. The van der Waals surface area contributed by atoms with Gasteiger partial charge in [0.1, 0.15) is 16.5 Å². The van der Waals surface area contributed by atoms with Gasteiger partial charge in [0, 0.05) is 37.4 Å². The highest BCUT2D eigenvalue weighted by Crippen LogP contribution is 2.38. The Morgan fingerprint density at radius 1 is 1.17 bits per heavy atom. The van der Waals surface area contributed by atoms with Crippen LogP contribution in [0.2, 0.25) is 5.15 Å². The normalized spacial score (nSPS) is 18.3. The number of halogens is 4. The molecule has 3 aromatic rings. The molecule has 36 heavy (non-hydrogen) atoms. The van der Waals surface area contributed by atoms with Crippen LogP contribution in [0, 0.1) is 0 Å². The maximum atomic E-state index is 13.9. The molecular weight excluding hydrogens is 497 g/mol. The van der Waals surface area contributed by atoms with Gasteiger partial charge < -0.3 is 20.7 Å². The molecule has 0 amide bonds. The number of rotatable bonds is 5. The van der Waals surface area contributed by atoms with E-state index in [1.54, 1.807) is 0 Å². The van der Waals surface area contributed by atoms with E-state index in [2.05, 4.69) is 25.3 Å². The molecule has 2 aliphatic heterocycles. The summed E-state index contributed by atoms with van der Waals surface area (Å²) in [5.74, 6) is 0.155. The Bertz CT molecular complexity index is 1240. The highest BCUT2D eigenvalue weighted by Gasteiger charge is 2.36. The van der Waals surface area contributed by atoms with Crippen molar-refractivity contribution in [3.63, 3.8) is 0 Å².